The molecule has 0 aromatic heterocycles. The lowest BCUT2D eigenvalue weighted by Gasteiger charge is -2.19. The average Bonchev–Trinajstić information content (AvgIpc) is 3.23. The summed E-state index contributed by atoms with van der Waals surface area (Å²) in [5.74, 6) is -0.131. The van der Waals surface area contributed by atoms with Crippen molar-refractivity contribution in [2.45, 2.75) is 154 Å². The lowest BCUT2D eigenvalue weighted by atomic mass is 10.1. The van der Waals surface area contributed by atoms with E-state index in [4.69, 9.17) is 0 Å². The van der Waals surface area contributed by atoms with Gasteiger partial charge in [-0.15, -0.1) is 0 Å². The highest BCUT2D eigenvalue weighted by atomic mass is 16.3. The van der Waals surface area contributed by atoms with Gasteiger partial charge in [-0.05, 0) is 116 Å². The molecular formula is C54H81NO3. The van der Waals surface area contributed by atoms with Crippen LogP contribution < -0.4 is 5.32 Å². The van der Waals surface area contributed by atoms with Crippen LogP contribution in [0.5, 0.6) is 0 Å². The zero-order valence-electron chi connectivity index (χ0n) is 36.5. The van der Waals surface area contributed by atoms with E-state index in [0.29, 0.717) is 6.42 Å². The maximum absolute atomic E-state index is 12.3. The second-order valence-electron chi connectivity index (χ2n) is 14.0. The second-order valence-corrected chi connectivity index (χ2v) is 14.0. The van der Waals surface area contributed by atoms with E-state index < -0.39 is 12.1 Å². The Labute approximate surface area is 356 Å². The van der Waals surface area contributed by atoms with Gasteiger partial charge in [0.25, 0.3) is 0 Å². The van der Waals surface area contributed by atoms with E-state index >= 15 is 0 Å². The molecule has 58 heavy (non-hydrogen) atoms. The minimum Gasteiger partial charge on any atom is -0.394 e. The van der Waals surface area contributed by atoms with Crippen molar-refractivity contribution in [3.05, 3.63) is 170 Å². The van der Waals surface area contributed by atoms with E-state index in [-0.39, 0.29) is 12.5 Å². The predicted octanol–water partition coefficient (Wildman–Crippen LogP) is 14.5. The van der Waals surface area contributed by atoms with Crippen molar-refractivity contribution in [3.63, 3.8) is 0 Å². The number of nitrogens with one attached hydrogen (secondary N) is 1. The summed E-state index contributed by atoms with van der Waals surface area (Å²) in [7, 11) is 0. The minimum absolute atomic E-state index is 0.131. The molecule has 4 nitrogen and oxygen atoms in total. The largest absolute Gasteiger partial charge is 0.394 e. The first kappa shape index (κ1) is 53.8. The maximum atomic E-state index is 12.3. The van der Waals surface area contributed by atoms with Crippen LogP contribution in [0.15, 0.2) is 170 Å². The van der Waals surface area contributed by atoms with Crippen molar-refractivity contribution in [1.29, 1.82) is 0 Å². The molecule has 0 fully saturated rings. The molecule has 3 N–H and O–H groups in total. The van der Waals surface area contributed by atoms with Gasteiger partial charge in [0.1, 0.15) is 0 Å². The first-order valence-corrected chi connectivity index (χ1v) is 22.3. The molecule has 0 radical (unpaired) electrons. The number of hydrogen-bond donors (Lipinski definition) is 3. The Kier molecular flexibility index (Phi) is 43.7. The van der Waals surface area contributed by atoms with Crippen LogP contribution in [-0.4, -0.2) is 34.9 Å². The molecule has 0 heterocycles. The van der Waals surface area contributed by atoms with Crippen molar-refractivity contribution in [3.8, 4) is 0 Å². The van der Waals surface area contributed by atoms with Gasteiger partial charge in [0.15, 0.2) is 0 Å². The van der Waals surface area contributed by atoms with E-state index in [0.717, 1.165) is 122 Å². The van der Waals surface area contributed by atoms with Crippen LogP contribution in [0.4, 0.5) is 0 Å². The fourth-order valence-corrected chi connectivity index (χ4v) is 5.30. The van der Waals surface area contributed by atoms with E-state index in [2.05, 4.69) is 177 Å². The smallest absolute Gasteiger partial charge is 0.220 e. The average molecular weight is 792 g/mol. The fourth-order valence-electron chi connectivity index (χ4n) is 5.30. The predicted molar refractivity (Wildman–Crippen MR) is 257 cm³/mol. The van der Waals surface area contributed by atoms with Crippen molar-refractivity contribution in [2.75, 3.05) is 6.61 Å². The third kappa shape index (κ3) is 42.9. The van der Waals surface area contributed by atoms with Crippen LogP contribution in [-0.2, 0) is 4.79 Å². The molecule has 2 unspecified atom stereocenters. The summed E-state index contributed by atoms with van der Waals surface area (Å²) < 4.78 is 0. The van der Waals surface area contributed by atoms with Crippen LogP contribution in [0.1, 0.15) is 142 Å². The quantitative estimate of drug-likeness (QED) is 0.0433. The standard InChI is InChI=1S/C54H81NO3/c1-3-5-7-9-11-12-13-14-15-16-17-18-19-20-21-22-23-24-25-26-27-28-29-30-31-32-33-34-35-36-37-38-39-40-41-42-44-46-48-50-54(58)55-52(51-56)53(57)49-47-45-43-10-8-6-4-2/h5,7-8,10-12,14-15,17-18,20-21,23-24,26-27,29-30,32-33,35-36,38-39,41-42,47,49,52-53,56-57H,3-4,6,9,13,16,19,22,25,28,31,34,37,40,43-46,48,50-51H2,1-2H3,(H,55,58)/b7-5-,10-8+,12-11-,15-14-,18-17-,21-20-,24-23-,27-26-,30-29-,33-32-,36-35-,39-38-,42-41-,49-47+. The van der Waals surface area contributed by atoms with E-state index in [1.54, 1.807) is 6.08 Å². The third-order valence-electron chi connectivity index (χ3n) is 8.66. The molecule has 0 rings (SSSR count). The molecule has 0 bridgehead atoms. The second kappa shape index (κ2) is 47.1. The van der Waals surface area contributed by atoms with E-state index in [1.165, 1.54) is 0 Å². The Morgan fingerprint density at radius 3 is 1.12 bits per heavy atom. The van der Waals surface area contributed by atoms with Crippen molar-refractivity contribution >= 4 is 5.91 Å². The van der Waals surface area contributed by atoms with Gasteiger partial charge in [0.2, 0.25) is 5.91 Å². The SMILES string of the molecule is CC/C=C\C/C=C\C/C=C\C/C=C\C/C=C\C/C=C\C/C=C\C/C=C\C/C=C\C/C=C\C/C=C\C/C=C\CCCCC(=O)NC(CO)C(O)/C=C/CC/C=C/CCC. The van der Waals surface area contributed by atoms with Gasteiger partial charge < -0.3 is 15.5 Å². The van der Waals surface area contributed by atoms with Crippen molar-refractivity contribution < 1.29 is 15.0 Å². The zero-order valence-corrected chi connectivity index (χ0v) is 36.5. The molecule has 0 aromatic carbocycles. The lowest BCUT2D eigenvalue weighted by Crippen LogP contribution is -2.45. The fraction of sp³-hybridized carbons (Fsp3) is 0.463. The molecule has 0 spiro atoms. The molecule has 0 saturated heterocycles. The number of allylic oxidation sites excluding steroid dienone is 27. The molecule has 0 saturated carbocycles. The van der Waals surface area contributed by atoms with Crippen LogP contribution in [0, 0.1) is 0 Å². The van der Waals surface area contributed by atoms with Gasteiger partial charge in [-0.3, -0.25) is 4.79 Å². The Morgan fingerprint density at radius 2 is 0.759 bits per heavy atom. The summed E-state index contributed by atoms with van der Waals surface area (Å²) in [6.07, 6.45) is 79.2. The van der Waals surface area contributed by atoms with Crippen molar-refractivity contribution in [1.82, 2.24) is 5.32 Å². The summed E-state index contributed by atoms with van der Waals surface area (Å²) >= 11 is 0. The molecular weight excluding hydrogens is 711 g/mol. The number of unbranched alkanes of at least 4 members (excludes halogenated alkanes) is 4. The molecule has 0 aliphatic heterocycles. The molecule has 1 amide bonds. The number of rotatable bonds is 37. The number of carbonyl (C=O) groups excluding carboxylic acids is 1. The van der Waals surface area contributed by atoms with Gasteiger partial charge in [-0.2, -0.15) is 0 Å². The van der Waals surface area contributed by atoms with Crippen LogP contribution in [0.2, 0.25) is 0 Å². The summed E-state index contributed by atoms with van der Waals surface area (Å²) in [6, 6.07) is -0.672. The molecule has 2 atom stereocenters. The van der Waals surface area contributed by atoms with Crippen LogP contribution >= 0.6 is 0 Å². The zero-order chi connectivity index (χ0) is 42.1. The van der Waals surface area contributed by atoms with Gasteiger partial charge in [-0.1, -0.05) is 190 Å². The molecule has 0 aliphatic carbocycles. The first-order valence-electron chi connectivity index (χ1n) is 22.3. The maximum Gasteiger partial charge on any atom is 0.220 e. The summed E-state index contributed by atoms with van der Waals surface area (Å²) in [5, 5.41) is 22.7. The van der Waals surface area contributed by atoms with Gasteiger partial charge in [0, 0.05) is 6.42 Å². The van der Waals surface area contributed by atoms with Gasteiger partial charge >= 0.3 is 0 Å². The Balaban J connectivity index is 3.77. The summed E-state index contributed by atoms with van der Waals surface area (Å²) in [6.45, 7) is 4.02. The minimum atomic E-state index is -0.889. The van der Waals surface area contributed by atoms with Crippen molar-refractivity contribution in [2.24, 2.45) is 0 Å². The normalized spacial score (nSPS) is 14.6. The molecule has 320 valence electrons. The molecule has 0 aromatic rings. The summed E-state index contributed by atoms with van der Waals surface area (Å²) in [5.41, 5.74) is 0. The van der Waals surface area contributed by atoms with E-state index in [1.807, 2.05) is 6.08 Å². The summed E-state index contributed by atoms with van der Waals surface area (Å²) in [4.78, 5) is 12.3. The molecule has 4 heteroatoms. The Hall–Kier alpha value is -4.25. The highest BCUT2D eigenvalue weighted by Crippen LogP contribution is 2.05. The number of hydrogen-bond acceptors (Lipinski definition) is 3. The van der Waals surface area contributed by atoms with Gasteiger partial charge in [-0.25, -0.2) is 0 Å². The van der Waals surface area contributed by atoms with E-state index in [9.17, 15) is 15.0 Å². The topological polar surface area (TPSA) is 69.6 Å². The highest BCUT2D eigenvalue weighted by molar-refractivity contribution is 5.76. The molecule has 0 aliphatic rings. The third-order valence-corrected chi connectivity index (χ3v) is 8.66. The van der Waals surface area contributed by atoms with Crippen LogP contribution in [0.3, 0.4) is 0 Å². The highest BCUT2D eigenvalue weighted by Gasteiger charge is 2.17. The number of aliphatic hydroxyl groups excluding tert-OH is 2. The van der Waals surface area contributed by atoms with Crippen LogP contribution in [0.25, 0.3) is 0 Å². The lowest BCUT2D eigenvalue weighted by molar-refractivity contribution is -0.123. The monoisotopic (exact) mass is 792 g/mol. The number of carbonyl (C=O) groups is 1. The van der Waals surface area contributed by atoms with Gasteiger partial charge in [0.05, 0.1) is 18.8 Å². The first-order chi connectivity index (χ1) is 28.7. The number of aliphatic hydroxyl groups is 2. The number of amides is 1. The Morgan fingerprint density at radius 1 is 0.431 bits per heavy atom. The Bertz CT molecular complexity index is 1360.